The van der Waals surface area contributed by atoms with Crippen LogP contribution in [0.2, 0.25) is 18.1 Å². The van der Waals surface area contributed by atoms with Crippen LogP contribution in [0.4, 0.5) is 4.79 Å². The number of carbonyl (C=O) groups excluding carboxylic acids is 1. The molecular weight excluding hydrogens is 803 g/mol. The standard InChI is InChI=1S/C13H29NO6Si.C13H30O7Si.C10H24O4Si/c1-5-18-21(19-6-2,20-7-3)12-8-9-14-13(15)17-11-10-16-4;1-5-18-8-9-20-12-13(14)11-19-7-6-10-21(15-2,16-3)17-4;1-5-12-15(13-6-2,14-7-3)10-8-9-11-4/h5-12H2,1-4H3,(H,14,15);13-14H,5-12H2,1-4H3;5-10H2,1-4H3. The molecule has 0 bridgehead atoms. The lowest BCUT2D eigenvalue weighted by Crippen LogP contribution is -2.46. The van der Waals surface area contributed by atoms with Crippen molar-refractivity contribution in [2.75, 3.05) is 141 Å². The molecule has 0 rings (SSSR count). The third-order valence-corrected chi connectivity index (χ3v) is 16.5. The molecule has 2 N–H and O–H groups in total. The first-order valence-corrected chi connectivity index (χ1v) is 26.1. The van der Waals surface area contributed by atoms with Crippen molar-refractivity contribution in [3.8, 4) is 0 Å². The number of alkyl carbamates (subject to hydrolysis) is 1. The van der Waals surface area contributed by atoms with Gasteiger partial charge in [-0.2, -0.15) is 0 Å². The number of nitrogens with one attached hydrogen (secondary N) is 1. The average Bonchev–Trinajstić information content (AvgIpc) is 3.19. The summed E-state index contributed by atoms with van der Waals surface area (Å²) in [7, 11) is 0.483. The van der Waals surface area contributed by atoms with Gasteiger partial charge in [0.05, 0.1) is 33.0 Å². The van der Waals surface area contributed by atoms with E-state index in [0.29, 0.717) is 97.7 Å². The molecule has 0 saturated heterocycles. The zero-order chi connectivity index (χ0) is 43.5. The summed E-state index contributed by atoms with van der Waals surface area (Å²) in [6.07, 6.45) is 1.32. The van der Waals surface area contributed by atoms with Crippen molar-refractivity contribution in [3.63, 3.8) is 0 Å². The fourth-order valence-electron chi connectivity index (χ4n) is 4.90. The molecule has 0 aromatic heterocycles. The third-order valence-electron chi connectivity index (χ3n) is 7.37. The Morgan fingerprint density at radius 3 is 1.32 bits per heavy atom. The lowest BCUT2D eigenvalue weighted by molar-refractivity contribution is -0.0313. The minimum Gasteiger partial charge on any atom is -0.447 e. The van der Waals surface area contributed by atoms with Crippen LogP contribution in [-0.4, -0.2) is 185 Å². The molecule has 0 aromatic carbocycles. The summed E-state index contributed by atoms with van der Waals surface area (Å²) in [6, 6.07) is 2.18. The quantitative estimate of drug-likeness (QED) is 0.0649. The molecule has 1 atom stereocenters. The molecule has 0 spiro atoms. The Hall–Kier alpha value is -0.679. The van der Waals surface area contributed by atoms with E-state index in [1.54, 1.807) is 35.5 Å². The fourth-order valence-corrected chi connectivity index (χ4v) is 11.8. The number of carbonyl (C=O) groups is 1. The van der Waals surface area contributed by atoms with E-state index in [2.05, 4.69) is 5.32 Å². The van der Waals surface area contributed by atoms with Gasteiger partial charge >= 0.3 is 32.5 Å². The summed E-state index contributed by atoms with van der Waals surface area (Å²) in [6.45, 7) is 21.7. The van der Waals surface area contributed by atoms with Crippen LogP contribution in [-0.2, 0) is 68.3 Å². The molecule has 0 aliphatic heterocycles. The second-order valence-electron chi connectivity index (χ2n) is 11.6. The summed E-state index contributed by atoms with van der Waals surface area (Å²) >= 11 is 0. The molecule has 0 heterocycles. The van der Waals surface area contributed by atoms with Gasteiger partial charge in [-0.3, -0.25) is 0 Å². The van der Waals surface area contributed by atoms with Crippen LogP contribution in [0.15, 0.2) is 0 Å². The number of ether oxygens (including phenoxy) is 6. The van der Waals surface area contributed by atoms with Crippen molar-refractivity contribution in [2.24, 2.45) is 0 Å². The van der Waals surface area contributed by atoms with Gasteiger partial charge in [-0.05, 0) is 67.7 Å². The molecule has 1 unspecified atom stereocenters. The molecule has 0 aliphatic rings. The molecule has 21 heteroatoms. The van der Waals surface area contributed by atoms with E-state index in [1.807, 2.05) is 48.5 Å². The Balaban J connectivity index is -0.000000780. The van der Waals surface area contributed by atoms with Gasteiger partial charge in [0.15, 0.2) is 0 Å². The Morgan fingerprint density at radius 2 is 0.895 bits per heavy atom. The molecule has 0 saturated carbocycles. The zero-order valence-corrected chi connectivity index (χ0v) is 40.6. The molecule has 0 aliphatic carbocycles. The van der Waals surface area contributed by atoms with Gasteiger partial charge < -0.3 is 78.7 Å². The van der Waals surface area contributed by atoms with E-state index >= 15 is 0 Å². The van der Waals surface area contributed by atoms with Crippen molar-refractivity contribution in [2.45, 2.75) is 92.0 Å². The van der Waals surface area contributed by atoms with Crippen LogP contribution in [0, 0.1) is 0 Å². The second kappa shape index (κ2) is 43.4. The molecule has 0 fully saturated rings. The van der Waals surface area contributed by atoms with Crippen molar-refractivity contribution in [1.29, 1.82) is 0 Å². The molecular formula is C36H83NO17Si3. The highest BCUT2D eigenvalue weighted by atomic mass is 28.4. The minimum atomic E-state index is -2.61. The highest BCUT2D eigenvalue weighted by molar-refractivity contribution is 6.61. The SMILES string of the molecule is CCOCCOCC(O)COCCC[Si](OC)(OC)OC.CCO[Si](CCCNC(=O)OCCOC)(OCC)OCC.CCO[Si](CCCOC)(OCC)OCC. The summed E-state index contributed by atoms with van der Waals surface area (Å²) in [5.74, 6) is 0. The van der Waals surface area contributed by atoms with Crippen LogP contribution in [0.5, 0.6) is 0 Å². The first-order chi connectivity index (χ1) is 27.5. The number of rotatable bonds is 38. The van der Waals surface area contributed by atoms with Crippen LogP contribution in [0.25, 0.3) is 0 Å². The Kier molecular flexibility index (Phi) is 46.2. The van der Waals surface area contributed by atoms with E-state index < -0.39 is 38.6 Å². The van der Waals surface area contributed by atoms with Gasteiger partial charge in [-0.1, -0.05) is 0 Å². The van der Waals surface area contributed by atoms with Gasteiger partial charge in [0.1, 0.15) is 12.7 Å². The highest BCUT2D eigenvalue weighted by Gasteiger charge is 2.40. The largest absolute Gasteiger partial charge is 0.501 e. The third kappa shape index (κ3) is 34.7. The minimum absolute atomic E-state index is 0.246. The number of amides is 1. The van der Waals surface area contributed by atoms with Crippen LogP contribution in [0.1, 0.15) is 67.7 Å². The predicted molar refractivity (Wildman–Crippen MR) is 224 cm³/mol. The molecule has 346 valence electrons. The average molecular weight is 886 g/mol. The number of methoxy groups -OCH3 is 2. The van der Waals surface area contributed by atoms with E-state index in [1.165, 1.54) is 0 Å². The summed E-state index contributed by atoms with van der Waals surface area (Å²) in [5, 5.41) is 12.3. The Labute approximate surface area is 348 Å². The lowest BCUT2D eigenvalue weighted by atomic mass is 10.4. The Bertz CT molecular complexity index is 799. The van der Waals surface area contributed by atoms with Gasteiger partial charge in [-0.25, -0.2) is 4.79 Å². The van der Waals surface area contributed by atoms with Crippen LogP contribution >= 0.6 is 0 Å². The van der Waals surface area contributed by atoms with Crippen LogP contribution in [0.3, 0.4) is 0 Å². The maximum atomic E-state index is 11.3. The van der Waals surface area contributed by atoms with Crippen molar-refractivity contribution in [3.05, 3.63) is 0 Å². The molecule has 57 heavy (non-hydrogen) atoms. The summed E-state index contributed by atoms with van der Waals surface area (Å²) in [5.41, 5.74) is 0. The first kappa shape index (κ1) is 60.6. The number of aliphatic hydroxyl groups excluding tert-OH is 1. The smallest absolute Gasteiger partial charge is 0.447 e. The second-order valence-corrected chi connectivity index (χ2v) is 20.2. The van der Waals surface area contributed by atoms with Crippen molar-refractivity contribution >= 4 is 32.5 Å². The summed E-state index contributed by atoms with van der Waals surface area (Å²) < 4.78 is 80.7. The Morgan fingerprint density at radius 1 is 0.491 bits per heavy atom. The van der Waals surface area contributed by atoms with Gasteiger partial charge in [0.2, 0.25) is 0 Å². The molecule has 1 amide bonds. The maximum Gasteiger partial charge on any atom is 0.501 e. The lowest BCUT2D eigenvalue weighted by Gasteiger charge is -2.28. The maximum absolute atomic E-state index is 11.3. The van der Waals surface area contributed by atoms with Gasteiger partial charge in [0.25, 0.3) is 0 Å². The topological polar surface area (TPSA) is 188 Å². The number of aliphatic hydroxyl groups is 1. The predicted octanol–water partition coefficient (Wildman–Crippen LogP) is 4.55. The normalized spacial score (nSPS) is 12.4. The molecule has 0 radical (unpaired) electrons. The van der Waals surface area contributed by atoms with E-state index in [-0.39, 0.29) is 19.8 Å². The van der Waals surface area contributed by atoms with E-state index in [9.17, 15) is 9.90 Å². The van der Waals surface area contributed by atoms with Gasteiger partial charge in [0, 0.05) is 120 Å². The molecule has 18 nitrogen and oxygen atoms in total. The molecule has 0 aromatic rings. The van der Waals surface area contributed by atoms with E-state index in [4.69, 9.17) is 68.3 Å². The highest BCUT2D eigenvalue weighted by Crippen LogP contribution is 2.19. The zero-order valence-electron chi connectivity index (χ0n) is 37.6. The number of hydrogen-bond donors (Lipinski definition) is 2. The summed E-state index contributed by atoms with van der Waals surface area (Å²) in [4.78, 5) is 11.3. The number of hydrogen-bond acceptors (Lipinski definition) is 17. The van der Waals surface area contributed by atoms with Crippen molar-refractivity contribution < 1.29 is 78.2 Å². The van der Waals surface area contributed by atoms with E-state index in [0.717, 1.165) is 25.5 Å². The monoisotopic (exact) mass is 885 g/mol. The van der Waals surface area contributed by atoms with Crippen LogP contribution < -0.4 is 5.32 Å². The van der Waals surface area contributed by atoms with Gasteiger partial charge in [-0.15, -0.1) is 0 Å². The fraction of sp³-hybridized carbons (Fsp3) is 0.972. The van der Waals surface area contributed by atoms with Crippen molar-refractivity contribution in [1.82, 2.24) is 5.32 Å². The first-order valence-electron chi connectivity index (χ1n) is 20.3.